The molecular formula is C60H104O6. The summed E-state index contributed by atoms with van der Waals surface area (Å²) in [5.74, 6) is -0.912. The second kappa shape index (κ2) is 54.5. The summed E-state index contributed by atoms with van der Waals surface area (Å²) in [5, 5.41) is 0. The molecule has 0 saturated heterocycles. The van der Waals surface area contributed by atoms with Crippen molar-refractivity contribution < 1.29 is 28.6 Å². The molecule has 0 aliphatic heterocycles. The van der Waals surface area contributed by atoms with E-state index in [1.807, 2.05) is 0 Å². The van der Waals surface area contributed by atoms with Crippen molar-refractivity contribution in [3.8, 4) is 0 Å². The van der Waals surface area contributed by atoms with E-state index in [-0.39, 0.29) is 31.1 Å². The molecule has 1 unspecified atom stereocenters. The minimum absolute atomic E-state index is 0.0858. The molecule has 0 spiro atoms. The minimum Gasteiger partial charge on any atom is -0.462 e. The molecule has 380 valence electrons. The van der Waals surface area contributed by atoms with Crippen LogP contribution in [0, 0.1) is 0 Å². The molecule has 0 aromatic carbocycles. The maximum atomic E-state index is 12.8. The van der Waals surface area contributed by atoms with Crippen LogP contribution in [-0.2, 0) is 28.6 Å². The summed E-state index contributed by atoms with van der Waals surface area (Å²) in [5.41, 5.74) is 0. The summed E-state index contributed by atoms with van der Waals surface area (Å²) in [4.78, 5) is 38.0. The number of ether oxygens (including phenoxy) is 3. The van der Waals surface area contributed by atoms with Crippen molar-refractivity contribution in [3.05, 3.63) is 72.9 Å². The van der Waals surface area contributed by atoms with E-state index in [1.165, 1.54) is 116 Å². The quantitative estimate of drug-likeness (QED) is 0.0262. The summed E-state index contributed by atoms with van der Waals surface area (Å²) in [6.45, 7) is 6.48. The van der Waals surface area contributed by atoms with Crippen LogP contribution in [0.2, 0.25) is 0 Å². The standard InChI is InChI=1S/C60H104O6/c1-4-7-10-13-16-19-22-24-25-26-27-28-29-30-31-32-33-34-35-37-38-41-44-47-50-53-59(62)65-56-57(55-64-58(61)52-49-46-43-40-21-18-15-12-9-6-3)66-60(63)54-51-48-45-42-39-36-23-20-17-14-11-8-5-2/h11-12,14-15,20,22-24,26-27,29-30,57H,4-10,13,16-19,21,25,28,31-56H2,1-3H3/b14-11-,15-12-,23-20-,24-22-,27-26-,30-29-. The predicted octanol–water partition coefficient (Wildman–Crippen LogP) is 18.6. The predicted molar refractivity (Wildman–Crippen MR) is 284 cm³/mol. The first kappa shape index (κ1) is 62.8. The molecule has 0 aliphatic carbocycles. The SMILES string of the molecule is CCC/C=C\C/C=C\CCCCCCCC(=O)OC(COC(=O)CCCCCCC/C=C\CCC)COC(=O)CCCCCCCCCCCC/C=C\C/C=C\C/C=C\CCCCCCC. The van der Waals surface area contributed by atoms with E-state index >= 15 is 0 Å². The first-order valence-corrected chi connectivity index (χ1v) is 27.9. The molecule has 0 bridgehead atoms. The number of hydrogen-bond acceptors (Lipinski definition) is 6. The molecule has 0 radical (unpaired) electrons. The maximum absolute atomic E-state index is 12.8. The third-order valence-electron chi connectivity index (χ3n) is 11.9. The number of esters is 3. The molecule has 0 aromatic heterocycles. The van der Waals surface area contributed by atoms with Crippen molar-refractivity contribution in [1.29, 1.82) is 0 Å². The Hall–Kier alpha value is -3.15. The summed E-state index contributed by atoms with van der Waals surface area (Å²) in [6, 6.07) is 0. The van der Waals surface area contributed by atoms with E-state index in [2.05, 4.69) is 93.7 Å². The van der Waals surface area contributed by atoms with Gasteiger partial charge in [-0.1, -0.05) is 222 Å². The van der Waals surface area contributed by atoms with Crippen LogP contribution in [0.4, 0.5) is 0 Å². The molecule has 66 heavy (non-hydrogen) atoms. The molecule has 0 amide bonds. The van der Waals surface area contributed by atoms with Crippen LogP contribution in [0.5, 0.6) is 0 Å². The number of rotatable bonds is 50. The normalized spacial score (nSPS) is 12.6. The molecule has 0 aromatic rings. The van der Waals surface area contributed by atoms with Gasteiger partial charge >= 0.3 is 17.9 Å². The van der Waals surface area contributed by atoms with E-state index in [1.54, 1.807) is 0 Å². The highest BCUT2D eigenvalue weighted by molar-refractivity contribution is 5.71. The van der Waals surface area contributed by atoms with Gasteiger partial charge in [0.15, 0.2) is 6.10 Å². The highest BCUT2D eigenvalue weighted by Crippen LogP contribution is 2.15. The molecule has 0 rings (SSSR count). The zero-order valence-electron chi connectivity index (χ0n) is 43.4. The summed E-state index contributed by atoms with van der Waals surface area (Å²) in [6.07, 6.45) is 69.0. The number of carbonyl (C=O) groups is 3. The van der Waals surface area contributed by atoms with E-state index in [0.29, 0.717) is 19.3 Å². The maximum Gasteiger partial charge on any atom is 0.306 e. The number of unbranched alkanes of at least 4 members (excludes halogenated alkanes) is 27. The van der Waals surface area contributed by atoms with Crippen molar-refractivity contribution in [2.24, 2.45) is 0 Å². The van der Waals surface area contributed by atoms with E-state index in [4.69, 9.17) is 14.2 Å². The third-order valence-corrected chi connectivity index (χ3v) is 11.9. The van der Waals surface area contributed by atoms with Gasteiger partial charge in [-0.2, -0.15) is 0 Å². The Kier molecular flexibility index (Phi) is 51.9. The second-order valence-corrected chi connectivity index (χ2v) is 18.5. The van der Waals surface area contributed by atoms with Gasteiger partial charge in [0, 0.05) is 19.3 Å². The second-order valence-electron chi connectivity index (χ2n) is 18.5. The molecule has 6 nitrogen and oxygen atoms in total. The van der Waals surface area contributed by atoms with Crippen molar-refractivity contribution in [1.82, 2.24) is 0 Å². The van der Waals surface area contributed by atoms with Crippen LogP contribution >= 0.6 is 0 Å². The van der Waals surface area contributed by atoms with E-state index in [0.717, 1.165) is 116 Å². The lowest BCUT2D eigenvalue weighted by Gasteiger charge is -2.18. The molecule has 0 fully saturated rings. The van der Waals surface area contributed by atoms with Crippen molar-refractivity contribution in [2.75, 3.05) is 13.2 Å². The minimum atomic E-state index is -0.786. The summed E-state index contributed by atoms with van der Waals surface area (Å²) >= 11 is 0. The van der Waals surface area contributed by atoms with Gasteiger partial charge in [0.25, 0.3) is 0 Å². The van der Waals surface area contributed by atoms with Crippen LogP contribution in [0.3, 0.4) is 0 Å². The van der Waals surface area contributed by atoms with Gasteiger partial charge in [-0.25, -0.2) is 0 Å². The zero-order chi connectivity index (χ0) is 47.9. The fraction of sp³-hybridized carbons (Fsp3) is 0.750. The molecule has 0 saturated carbocycles. The Morgan fingerprint density at radius 2 is 0.576 bits per heavy atom. The van der Waals surface area contributed by atoms with E-state index in [9.17, 15) is 14.4 Å². The number of allylic oxidation sites excluding steroid dienone is 12. The lowest BCUT2D eigenvalue weighted by Crippen LogP contribution is -2.30. The van der Waals surface area contributed by atoms with Crippen LogP contribution in [-0.4, -0.2) is 37.2 Å². The fourth-order valence-corrected chi connectivity index (χ4v) is 7.67. The molecule has 0 aliphatic rings. The molecule has 1 atom stereocenters. The molecule has 6 heteroatoms. The van der Waals surface area contributed by atoms with Gasteiger partial charge in [-0.05, 0) is 103 Å². The molecule has 0 heterocycles. The lowest BCUT2D eigenvalue weighted by atomic mass is 10.1. The fourth-order valence-electron chi connectivity index (χ4n) is 7.67. The van der Waals surface area contributed by atoms with Crippen molar-refractivity contribution in [2.45, 2.75) is 277 Å². The Morgan fingerprint density at radius 3 is 0.939 bits per heavy atom. The van der Waals surface area contributed by atoms with Gasteiger partial charge in [-0.3, -0.25) is 14.4 Å². The Labute approximate surface area is 408 Å². The van der Waals surface area contributed by atoms with E-state index < -0.39 is 6.10 Å². The van der Waals surface area contributed by atoms with Crippen molar-refractivity contribution in [3.63, 3.8) is 0 Å². The Bertz CT molecular complexity index is 1240. The average molecular weight is 921 g/mol. The monoisotopic (exact) mass is 921 g/mol. The summed E-state index contributed by atoms with van der Waals surface area (Å²) < 4.78 is 16.8. The largest absolute Gasteiger partial charge is 0.462 e. The first-order valence-electron chi connectivity index (χ1n) is 27.9. The van der Waals surface area contributed by atoms with Gasteiger partial charge in [0.2, 0.25) is 0 Å². The van der Waals surface area contributed by atoms with Gasteiger partial charge in [-0.15, -0.1) is 0 Å². The number of hydrogen-bond donors (Lipinski definition) is 0. The highest BCUT2D eigenvalue weighted by Gasteiger charge is 2.19. The topological polar surface area (TPSA) is 78.9 Å². The van der Waals surface area contributed by atoms with Gasteiger partial charge in [0.05, 0.1) is 0 Å². The zero-order valence-corrected chi connectivity index (χ0v) is 43.4. The van der Waals surface area contributed by atoms with Crippen molar-refractivity contribution >= 4 is 17.9 Å². The first-order chi connectivity index (χ1) is 32.5. The van der Waals surface area contributed by atoms with Crippen LogP contribution < -0.4 is 0 Å². The molecular weight excluding hydrogens is 817 g/mol. The van der Waals surface area contributed by atoms with Gasteiger partial charge in [0.1, 0.15) is 13.2 Å². The lowest BCUT2D eigenvalue weighted by molar-refractivity contribution is -0.167. The van der Waals surface area contributed by atoms with Crippen LogP contribution in [0.15, 0.2) is 72.9 Å². The Morgan fingerprint density at radius 1 is 0.303 bits per heavy atom. The summed E-state index contributed by atoms with van der Waals surface area (Å²) in [7, 11) is 0. The highest BCUT2D eigenvalue weighted by atomic mass is 16.6. The third kappa shape index (κ3) is 51.8. The van der Waals surface area contributed by atoms with Crippen LogP contribution in [0.1, 0.15) is 271 Å². The smallest absolute Gasteiger partial charge is 0.306 e. The average Bonchev–Trinajstić information content (AvgIpc) is 3.31. The van der Waals surface area contributed by atoms with Gasteiger partial charge < -0.3 is 14.2 Å². The molecule has 0 N–H and O–H groups in total. The Balaban J connectivity index is 4.24. The number of carbonyl (C=O) groups excluding carboxylic acids is 3. The van der Waals surface area contributed by atoms with Crippen LogP contribution in [0.25, 0.3) is 0 Å².